The molecule has 0 aromatic heterocycles. The van der Waals surface area contributed by atoms with Crippen molar-refractivity contribution in [3.63, 3.8) is 0 Å². The molecule has 0 saturated carbocycles. The van der Waals surface area contributed by atoms with E-state index in [0.717, 1.165) is 0 Å². The van der Waals surface area contributed by atoms with Crippen LogP contribution in [0.25, 0.3) is 0 Å². The van der Waals surface area contributed by atoms with E-state index < -0.39 is 21.7 Å². The molecule has 0 radical (unpaired) electrons. The molecule has 19 heavy (non-hydrogen) atoms. The van der Waals surface area contributed by atoms with Crippen molar-refractivity contribution >= 4 is 21.8 Å². The van der Waals surface area contributed by atoms with Gasteiger partial charge in [-0.2, -0.15) is 0 Å². The second-order valence-corrected chi connectivity index (χ2v) is 6.75. The predicted octanol–water partition coefficient (Wildman–Crippen LogP) is 1.82. The number of sulfonamides is 1. The van der Waals surface area contributed by atoms with E-state index in [0.29, 0.717) is 11.3 Å². The van der Waals surface area contributed by atoms with Gasteiger partial charge in [0, 0.05) is 5.69 Å². The number of carbonyl (C=O) groups excluding carboxylic acids is 1. The molecule has 0 aliphatic carbocycles. The van der Waals surface area contributed by atoms with E-state index in [-0.39, 0.29) is 5.75 Å². The molecule has 0 atom stereocenters. The zero-order valence-electron chi connectivity index (χ0n) is 11.1. The van der Waals surface area contributed by atoms with Crippen LogP contribution < -0.4 is 10.5 Å². The lowest BCUT2D eigenvalue weighted by molar-refractivity contribution is 0.0636. The van der Waals surface area contributed by atoms with Crippen LogP contribution in [0.3, 0.4) is 0 Å². The Bertz CT molecular complexity index is 561. The second-order valence-electron chi connectivity index (χ2n) is 5.13. The van der Waals surface area contributed by atoms with Gasteiger partial charge in [-0.05, 0) is 38.5 Å². The zero-order valence-corrected chi connectivity index (χ0v) is 12.0. The summed E-state index contributed by atoms with van der Waals surface area (Å²) in [4.78, 5) is 11.5. The van der Waals surface area contributed by atoms with Crippen molar-refractivity contribution in [2.75, 3.05) is 5.32 Å². The van der Waals surface area contributed by atoms with Gasteiger partial charge >= 0.3 is 6.09 Å². The lowest BCUT2D eigenvalue weighted by atomic mass is 10.2. The molecule has 0 unspecified atom stereocenters. The zero-order chi connectivity index (χ0) is 14.7. The average molecular weight is 286 g/mol. The Balaban J connectivity index is 2.75. The van der Waals surface area contributed by atoms with Crippen LogP contribution in [0.1, 0.15) is 26.3 Å². The van der Waals surface area contributed by atoms with Gasteiger partial charge in [-0.3, -0.25) is 5.32 Å². The lowest BCUT2D eigenvalue weighted by Crippen LogP contribution is -2.27. The van der Waals surface area contributed by atoms with Crippen molar-refractivity contribution in [1.29, 1.82) is 0 Å². The number of nitrogens with one attached hydrogen (secondary N) is 1. The van der Waals surface area contributed by atoms with Gasteiger partial charge < -0.3 is 4.74 Å². The van der Waals surface area contributed by atoms with Gasteiger partial charge in [0.05, 0.1) is 5.75 Å². The summed E-state index contributed by atoms with van der Waals surface area (Å²) >= 11 is 0. The van der Waals surface area contributed by atoms with E-state index >= 15 is 0 Å². The fourth-order valence-corrected chi connectivity index (χ4v) is 2.04. The van der Waals surface area contributed by atoms with Gasteiger partial charge in [0.2, 0.25) is 10.0 Å². The average Bonchev–Trinajstić information content (AvgIpc) is 2.11. The van der Waals surface area contributed by atoms with Crippen molar-refractivity contribution in [3.05, 3.63) is 29.8 Å². The fraction of sp³-hybridized carbons (Fsp3) is 0.417. The molecule has 7 heteroatoms. The van der Waals surface area contributed by atoms with Crippen molar-refractivity contribution in [2.24, 2.45) is 5.14 Å². The van der Waals surface area contributed by atoms with Gasteiger partial charge in [-0.1, -0.05) is 12.1 Å². The highest BCUT2D eigenvalue weighted by molar-refractivity contribution is 7.88. The first-order chi connectivity index (χ1) is 8.55. The Hall–Kier alpha value is -1.60. The SMILES string of the molecule is CC(C)(C)OC(=O)Nc1cccc(CS(N)(=O)=O)c1. The topological polar surface area (TPSA) is 98.5 Å². The van der Waals surface area contributed by atoms with Crippen LogP contribution in [-0.2, 0) is 20.5 Å². The monoisotopic (exact) mass is 286 g/mol. The number of carbonyl (C=O) groups is 1. The van der Waals surface area contributed by atoms with Crippen molar-refractivity contribution in [1.82, 2.24) is 0 Å². The van der Waals surface area contributed by atoms with Crippen LogP contribution in [0.2, 0.25) is 0 Å². The summed E-state index contributed by atoms with van der Waals surface area (Å²) in [6.45, 7) is 5.26. The highest BCUT2D eigenvalue weighted by atomic mass is 32.2. The number of amides is 1. The minimum atomic E-state index is -3.60. The van der Waals surface area contributed by atoms with Gasteiger partial charge in [-0.15, -0.1) is 0 Å². The largest absolute Gasteiger partial charge is 0.444 e. The summed E-state index contributed by atoms with van der Waals surface area (Å²) in [6.07, 6.45) is -0.597. The lowest BCUT2D eigenvalue weighted by Gasteiger charge is -2.19. The quantitative estimate of drug-likeness (QED) is 0.885. The highest BCUT2D eigenvalue weighted by Crippen LogP contribution is 2.14. The van der Waals surface area contributed by atoms with Crippen LogP contribution in [-0.4, -0.2) is 20.1 Å². The summed E-state index contributed by atoms with van der Waals surface area (Å²) in [7, 11) is -3.60. The number of rotatable bonds is 3. The predicted molar refractivity (Wildman–Crippen MR) is 73.1 cm³/mol. The second kappa shape index (κ2) is 5.58. The molecular formula is C12H18N2O4S. The molecule has 0 bridgehead atoms. The van der Waals surface area contributed by atoms with Crippen molar-refractivity contribution in [3.8, 4) is 0 Å². The Morgan fingerprint density at radius 3 is 2.53 bits per heavy atom. The number of nitrogens with two attached hydrogens (primary N) is 1. The third-order valence-corrected chi connectivity index (χ3v) is 2.68. The first kappa shape index (κ1) is 15.5. The summed E-state index contributed by atoms with van der Waals surface area (Å²) in [5.41, 5.74) is 0.355. The molecule has 0 heterocycles. The minimum absolute atomic E-state index is 0.281. The standard InChI is InChI=1S/C12H18N2O4S/c1-12(2,3)18-11(15)14-10-6-4-5-9(7-10)8-19(13,16)17/h4-7H,8H2,1-3H3,(H,14,15)(H2,13,16,17). The summed E-state index contributed by atoms with van der Waals surface area (Å²) in [6, 6.07) is 6.42. The molecule has 1 amide bonds. The summed E-state index contributed by atoms with van der Waals surface area (Å²) < 4.78 is 27.1. The molecule has 106 valence electrons. The normalized spacial score (nSPS) is 12.0. The Morgan fingerprint density at radius 2 is 2.00 bits per heavy atom. The van der Waals surface area contributed by atoms with E-state index in [1.54, 1.807) is 39.0 Å². The summed E-state index contributed by atoms with van der Waals surface area (Å²) in [5.74, 6) is -0.281. The molecule has 0 aliphatic heterocycles. The third kappa shape index (κ3) is 6.78. The molecule has 0 fully saturated rings. The van der Waals surface area contributed by atoms with Crippen LogP contribution in [0.4, 0.5) is 10.5 Å². The van der Waals surface area contributed by atoms with Crippen LogP contribution in [0.15, 0.2) is 24.3 Å². The maximum Gasteiger partial charge on any atom is 0.412 e. The molecule has 1 aromatic carbocycles. The van der Waals surface area contributed by atoms with Gasteiger partial charge in [0.1, 0.15) is 5.60 Å². The number of benzene rings is 1. The maximum absolute atomic E-state index is 11.5. The highest BCUT2D eigenvalue weighted by Gasteiger charge is 2.16. The van der Waals surface area contributed by atoms with Crippen LogP contribution in [0, 0.1) is 0 Å². The Morgan fingerprint density at radius 1 is 1.37 bits per heavy atom. The number of hydrogen-bond acceptors (Lipinski definition) is 4. The molecular weight excluding hydrogens is 268 g/mol. The van der Waals surface area contributed by atoms with Gasteiger partial charge in [0.25, 0.3) is 0 Å². The number of anilines is 1. The van der Waals surface area contributed by atoms with Crippen molar-refractivity contribution < 1.29 is 17.9 Å². The van der Waals surface area contributed by atoms with E-state index in [2.05, 4.69) is 5.32 Å². The fourth-order valence-electron chi connectivity index (χ4n) is 1.39. The molecule has 0 spiro atoms. The molecule has 0 saturated heterocycles. The number of hydrogen-bond donors (Lipinski definition) is 2. The first-order valence-corrected chi connectivity index (χ1v) is 7.36. The summed E-state index contributed by atoms with van der Waals surface area (Å²) in [5, 5.41) is 7.49. The maximum atomic E-state index is 11.5. The van der Waals surface area contributed by atoms with E-state index in [4.69, 9.17) is 9.88 Å². The molecule has 1 rings (SSSR count). The van der Waals surface area contributed by atoms with E-state index in [1.165, 1.54) is 6.07 Å². The van der Waals surface area contributed by atoms with Crippen LogP contribution in [0.5, 0.6) is 0 Å². The van der Waals surface area contributed by atoms with Crippen molar-refractivity contribution in [2.45, 2.75) is 32.1 Å². The molecule has 3 N–H and O–H groups in total. The number of primary sulfonamides is 1. The minimum Gasteiger partial charge on any atom is -0.444 e. The molecule has 6 nitrogen and oxygen atoms in total. The van der Waals surface area contributed by atoms with E-state index in [1.807, 2.05) is 0 Å². The number of ether oxygens (including phenoxy) is 1. The van der Waals surface area contributed by atoms with Crippen LogP contribution >= 0.6 is 0 Å². The van der Waals surface area contributed by atoms with Gasteiger partial charge in [-0.25, -0.2) is 18.4 Å². The third-order valence-electron chi connectivity index (χ3n) is 1.94. The smallest absolute Gasteiger partial charge is 0.412 e. The Labute approximate surface area is 113 Å². The first-order valence-electron chi connectivity index (χ1n) is 5.65. The Kier molecular flexibility index (Phi) is 4.54. The van der Waals surface area contributed by atoms with Gasteiger partial charge in [0.15, 0.2) is 0 Å². The molecule has 1 aromatic rings. The van der Waals surface area contributed by atoms with E-state index in [9.17, 15) is 13.2 Å². The molecule has 0 aliphatic rings.